The van der Waals surface area contributed by atoms with Gasteiger partial charge in [0.25, 0.3) is 5.91 Å². The Kier molecular flexibility index (Phi) is 8.20. The van der Waals surface area contributed by atoms with Crippen LogP contribution in [0, 0.1) is 0 Å². The van der Waals surface area contributed by atoms with E-state index >= 15 is 0 Å². The molecule has 0 heterocycles. The molecule has 128 valence electrons. The Bertz CT molecular complexity index is 551. The van der Waals surface area contributed by atoms with Crippen LogP contribution in [0.15, 0.2) is 18.2 Å². The first-order chi connectivity index (χ1) is 10.8. The monoisotopic (exact) mass is 361 g/mol. The van der Waals surface area contributed by atoms with Crippen molar-refractivity contribution in [3.05, 3.63) is 28.2 Å². The topological polar surface area (TPSA) is 64.6 Å². The lowest BCUT2D eigenvalue weighted by atomic mass is 10.2. The van der Waals surface area contributed by atoms with Gasteiger partial charge in [-0.25, -0.2) is 4.79 Å². The predicted octanol–water partition coefficient (Wildman–Crippen LogP) is 3.61. The van der Waals surface area contributed by atoms with Crippen molar-refractivity contribution in [1.29, 1.82) is 0 Å². The number of hydrogen-bond acceptors (Lipinski definition) is 4. The molecule has 0 spiro atoms. The van der Waals surface area contributed by atoms with Gasteiger partial charge >= 0.3 is 5.97 Å². The number of carbonyl (C=O) groups excluding carboxylic acids is 2. The summed E-state index contributed by atoms with van der Waals surface area (Å²) in [5.74, 6) is -0.660. The number of halogens is 2. The van der Waals surface area contributed by atoms with Crippen LogP contribution in [0.4, 0.5) is 0 Å². The van der Waals surface area contributed by atoms with E-state index in [2.05, 4.69) is 5.32 Å². The SMILES string of the molecule is CCC[C@@H](C)NC(=O)COC(=O)[C@H](C)Oc1ccc(Cl)cc1Cl. The third-order valence-corrected chi connectivity index (χ3v) is 3.53. The lowest BCUT2D eigenvalue weighted by Gasteiger charge is -2.16. The van der Waals surface area contributed by atoms with Gasteiger partial charge in [0.2, 0.25) is 0 Å². The predicted molar refractivity (Wildman–Crippen MR) is 90.0 cm³/mol. The van der Waals surface area contributed by atoms with Gasteiger partial charge in [0.05, 0.1) is 5.02 Å². The van der Waals surface area contributed by atoms with Gasteiger partial charge in [-0.3, -0.25) is 4.79 Å². The smallest absolute Gasteiger partial charge is 0.347 e. The zero-order valence-corrected chi connectivity index (χ0v) is 14.9. The van der Waals surface area contributed by atoms with Crippen molar-refractivity contribution in [2.75, 3.05) is 6.61 Å². The number of ether oxygens (including phenoxy) is 2. The van der Waals surface area contributed by atoms with Crippen molar-refractivity contribution >= 4 is 35.1 Å². The van der Waals surface area contributed by atoms with Crippen molar-refractivity contribution in [1.82, 2.24) is 5.32 Å². The molecule has 0 saturated heterocycles. The molecule has 2 atom stereocenters. The maximum atomic E-state index is 11.8. The third kappa shape index (κ3) is 7.10. The van der Waals surface area contributed by atoms with Crippen molar-refractivity contribution in [2.24, 2.45) is 0 Å². The molecule has 0 saturated carbocycles. The van der Waals surface area contributed by atoms with Gasteiger partial charge in [-0.1, -0.05) is 36.5 Å². The van der Waals surface area contributed by atoms with E-state index in [4.69, 9.17) is 32.7 Å². The molecule has 0 unspecified atom stereocenters. The van der Waals surface area contributed by atoms with E-state index in [1.54, 1.807) is 12.1 Å². The molecule has 0 aliphatic carbocycles. The third-order valence-electron chi connectivity index (χ3n) is 3.00. The van der Waals surface area contributed by atoms with Crippen molar-refractivity contribution in [3.8, 4) is 5.75 Å². The molecule has 23 heavy (non-hydrogen) atoms. The van der Waals surface area contributed by atoms with Crippen LogP contribution in [0.1, 0.15) is 33.6 Å². The molecule has 1 aromatic rings. The van der Waals surface area contributed by atoms with Crippen LogP contribution in [-0.2, 0) is 14.3 Å². The van der Waals surface area contributed by atoms with Gasteiger partial charge in [-0.2, -0.15) is 0 Å². The van der Waals surface area contributed by atoms with Crippen LogP contribution < -0.4 is 10.1 Å². The Labute approximate surface area is 146 Å². The fourth-order valence-electron chi connectivity index (χ4n) is 1.89. The molecule has 5 nitrogen and oxygen atoms in total. The average Bonchev–Trinajstić information content (AvgIpc) is 2.47. The molecule has 0 aliphatic heterocycles. The maximum Gasteiger partial charge on any atom is 0.347 e. The summed E-state index contributed by atoms with van der Waals surface area (Å²) in [6, 6.07) is 4.73. The minimum Gasteiger partial charge on any atom is -0.477 e. The fourth-order valence-corrected chi connectivity index (χ4v) is 2.34. The number of hydrogen-bond donors (Lipinski definition) is 1. The fraction of sp³-hybridized carbons (Fsp3) is 0.500. The summed E-state index contributed by atoms with van der Waals surface area (Å²) in [5, 5.41) is 3.51. The van der Waals surface area contributed by atoms with E-state index in [1.165, 1.54) is 13.0 Å². The lowest BCUT2D eigenvalue weighted by Crippen LogP contribution is -2.37. The highest BCUT2D eigenvalue weighted by molar-refractivity contribution is 6.35. The number of carbonyl (C=O) groups is 2. The second-order valence-electron chi connectivity index (χ2n) is 5.20. The van der Waals surface area contributed by atoms with Gasteiger partial charge in [-0.05, 0) is 38.5 Å². The second kappa shape index (κ2) is 9.63. The zero-order valence-electron chi connectivity index (χ0n) is 13.4. The summed E-state index contributed by atoms with van der Waals surface area (Å²) in [6.07, 6.45) is 0.942. The van der Waals surface area contributed by atoms with E-state index in [1.807, 2.05) is 13.8 Å². The normalized spacial score (nSPS) is 13.1. The Morgan fingerprint density at radius 2 is 1.96 bits per heavy atom. The largest absolute Gasteiger partial charge is 0.477 e. The Morgan fingerprint density at radius 3 is 2.57 bits per heavy atom. The highest BCUT2D eigenvalue weighted by Crippen LogP contribution is 2.28. The molecule has 0 bridgehead atoms. The first kappa shape index (κ1) is 19.6. The summed E-state index contributed by atoms with van der Waals surface area (Å²) in [6.45, 7) is 5.11. The number of nitrogens with one attached hydrogen (secondary N) is 1. The van der Waals surface area contributed by atoms with Crippen molar-refractivity contribution in [2.45, 2.75) is 45.8 Å². The van der Waals surface area contributed by atoms with Gasteiger partial charge in [0.1, 0.15) is 5.75 Å². The number of amides is 1. The molecule has 0 fully saturated rings. The molecular formula is C16H21Cl2NO4. The van der Waals surface area contributed by atoms with Gasteiger partial charge < -0.3 is 14.8 Å². The minimum atomic E-state index is -0.894. The molecule has 7 heteroatoms. The summed E-state index contributed by atoms with van der Waals surface area (Å²) < 4.78 is 10.4. The molecule has 1 rings (SSSR count). The zero-order chi connectivity index (χ0) is 17.4. The van der Waals surface area contributed by atoms with Crippen LogP contribution in [0.5, 0.6) is 5.75 Å². The van der Waals surface area contributed by atoms with Gasteiger partial charge in [0.15, 0.2) is 12.7 Å². The molecule has 0 radical (unpaired) electrons. The molecule has 1 amide bonds. The van der Waals surface area contributed by atoms with E-state index in [9.17, 15) is 9.59 Å². The van der Waals surface area contributed by atoms with E-state index < -0.39 is 12.1 Å². The van der Waals surface area contributed by atoms with E-state index in [0.29, 0.717) is 15.8 Å². The Hall–Kier alpha value is -1.46. The minimum absolute atomic E-state index is 0.0488. The highest BCUT2D eigenvalue weighted by Gasteiger charge is 2.19. The van der Waals surface area contributed by atoms with Crippen LogP contribution in [0.2, 0.25) is 10.0 Å². The van der Waals surface area contributed by atoms with Crippen LogP contribution >= 0.6 is 23.2 Å². The van der Waals surface area contributed by atoms with Crippen LogP contribution in [0.25, 0.3) is 0 Å². The molecular weight excluding hydrogens is 341 g/mol. The summed E-state index contributed by atoms with van der Waals surface area (Å²) in [5.41, 5.74) is 0. The van der Waals surface area contributed by atoms with Gasteiger partial charge in [-0.15, -0.1) is 0 Å². The van der Waals surface area contributed by atoms with Gasteiger partial charge in [0, 0.05) is 11.1 Å². The quantitative estimate of drug-likeness (QED) is 0.718. The standard InChI is InChI=1S/C16H21Cl2NO4/c1-4-5-10(2)19-15(20)9-22-16(21)11(3)23-14-7-6-12(17)8-13(14)18/h6-8,10-11H,4-5,9H2,1-3H3,(H,19,20)/t10-,11+/m1/s1. The average molecular weight is 362 g/mol. The first-order valence-electron chi connectivity index (χ1n) is 7.41. The summed E-state index contributed by atoms with van der Waals surface area (Å²) >= 11 is 11.8. The van der Waals surface area contributed by atoms with E-state index in [0.717, 1.165) is 12.8 Å². The van der Waals surface area contributed by atoms with Crippen molar-refractivity contribution < 1.29 is 19.1 Å². The summed E-state index contributed by atoms with van der Waals surface area (Å²) in [7, 11) is 0. The molecule has 0 aliphatic rings. The number of esters is 1. The number of benzene rings is 1. The molecule has 0 aromatic heterocycles. The van der Waals surface area contributed by atoms with Crippen LogP contribution in [0.3, 0.4) is 0 Å². The second-order valence-corrected chi connectivity index (χ2v) is 6.04. The lowest BCUT2D eigenvalue weighted by molar-refractivity contribution is -0.154. The first-order valence-corrected chi connectivity index (χ1v) is 8.16. The highest BCUT2D eigenvalue weighted by atomic mass is 35.5. The van der Waals surface area contributed by atoms with Crippen molar-refractivity contribution in [3.63, 3.8) is 0 Å². The number of rotatable bonds is 8. The summed E-state index contributed by atoms with van der Waals surface area (Å²) in [4.78, 5) is 23.5. The Balaban J connectivity index is 2.43. The Morgan fingerprint density at radius 1 is 1.26 bits per heavy atom. The molecule has 1 N–H and O–H groups in total. The maximum absolute atomic E-state index is 11.8. The molecule has 1 aromatic carbocycles. The van der Waals surface area contributed by atoms with Crippen LogP contribution in [-0.4, -0.2) is 30.6 Å². The van der Waals surface area contributed by atoms with E-state index in [-0.39, 0.29) is 18.6 Å².